The summed E-state index contributed by atoms with van der Waals surface area (Å²) in [5, 5.41) is 5.64. The topological polar surface area (TPSA) is 78.7 Å². The molecule has 0 aliphatic rings. The van der Waals surface area contributed by atoms with Crippen molar-refractivity contribution in [2.24, 2.45) is 0 Å². The summed E-state index contributed by atoms with van der Waals surface area (Å²) in [6, 6.07) is 11.5. The lowest BCUT2D eigenvalue weighted by Crippen LogP contribution is -2.31. The highest BCUT2D eigenvalue weighted by Gasteiger charge is 2.21. The smallest absolute Gasteiger partial charge is 0.287 e. The number of nitrogens with zero attached hydrogens (tertiary/aromatic N) is 3. The van der Waals surface area contributed by atoms with Gasteiger partial charge in [-0.25, -0.2) is 9.37 Å². The maximum atomic E-state index is 13.0. The van der Waals surface area contributed by atoms with Gasteiger partial charge in [0.15, 0.2) is 5.69 Å². The average Bonchev–Trinajstić information content (AvgIpc) is 3.09. The highest BCUT2D eigenvalue weighted by Crippen LogP contribution is 2.13. The zero-order valence-electron chi connectivity index (χ0n) is 16.5. The van der Waals surface area contributed by atoms with Crippen LogP contribution < -0.4 is 10.6 Å². The molecule has 3 aromatic rings. The summed E-state index contributed by atoms with van der Waals surface area (Å²) in [6.07, 6.45) is 2.26. The van der Waals surface area contributed by atoms with Gasteiger partial charge < -0.3 is 15.5 Å². The van der Waals surface area contributed by atoms with E-state index < -0.39 is 0 Å². The molecule has 7 nitrogen and oxygen atoms in total. The van der Waals surface area contributed by atoms with Crippen LogP contribution in [0.25, 0.3) is 5.52 Å². The summed E-state index contributed by atoms with van der Waals surface area (Å²) in [5.74, 6) is -0.836. The molecule has 8 heteroatoms. The number of hydrogen-bond donors (Lipinski definition) is 2. The third-order valence-electron chi connectivity index (χ3n) is 4.42. The fourth-order valence-electron chi connectivity index (χ4n) is 2.89. The van der Waals surface area contributed by atoms with E-state index in [1.54, 1.807) is 40.9 Å². The van der Waals surface area contributed by atoms with Gasteiger partial charge in [-0.05, 0) is 50.3 Å². The normalized spacial score (nSPS) is 11.0. The number of carbonyl (C=O) groups is 2. The SMILES string of the molecule is CN(C)CCNC(=O)c1nc(C(=O)NCCc2ccc(F)cc2)n2ccccc12. The lowest BCUT2D eigenvalue weighted by atomic mass is 10.1. The standard InChI is InChI=1S/C21H24FN5O2/c1-26(2)14-12-24-20(28)18-17-5-3-4-13-27(17)19(25-18)21(29)23-11-10-15-6-8-16(22)9-7-15/h3-9,13H,10-12,14H2,1-2H3,(H,23,29)(H,24,28). The van der Waals surface area contributed by atoms with Gasteiger partial charge in [-0.2, -0.15) is 0 Å². The van der Waals surface area contributed by atoms with E-state index in [-0.39, 0.29) is 29.1 Å². The Bertz CT molecular complexity index is 998. The van der Waals surface area contributed by atoms with Crippen LogP contribution in [-0.4, -0.2) is 59.8 Å². The monoisotopic (exact) mass is 397 g/mol. The molecule has 3 rings (SSSR count). The van der Waals surface area contributed by atoms with Crippen molar-refractivity contribution in [3.05, 3.63) is 71.6 Å². The van der Waals surface area contributed by atoms with Crippen LogP contribution >= 0.6 is 0 Å². The van der Waals surface area contributed by atoms with Gasteiger partial charge in [-0.1, -0.05) is 18.2 Å². The molecule has 0 saturated carbocycles. The Morgan fingerprint density at radius 2 is 1.76 bits per heavy atom. The molecule has 0 atom stereocenters. The van der Waals surface area contributed by atoms with E-state index in [1.165, 1.54) is 12.1 Å². The fourth-order valence-corrected chi connectivity index (χ4v) is 2.89. The van der Waals surface area contributed by atoms with Gasteiger partial charge in [-0.3, -0.25) is 14.0 Å². The number of fused-ring (bicyclic) bond motifs is 1. The molecule has 152 valence electrons. The minimum Gasteiger partial charge on any atom is -0.349 e. The van der Waals surface area contributed by atoms with Crippen molar-refractivity contribution in [2.45, 2.75) is 6.42 Å². The number of hydrogen-bond acceptors (Lipinski definition) is 4. The van der Waals surface area contributed by atoms with Crippen LogP contribution in [0.15, 0.2) is 48.7 Å². The number of carbonyl (C=O) groups excluding carboxylic acids is 2. The second-order valence-electron chi connectivity index (χ2n) is 6.93. The molecule has 2 amide bonds. The van der Waals surface area contributed by atoms with Crippen LogP contribution in [0.3, 0.4) is 0 Å². The number of rotatable bonds is 8. The molecule has 2 aromatic heterocycles. The predicted molar refractivity (Wildman–Crippen MR) is 109 cm³/mol. The first-order chi connectivity index (χ1) is 14.0. The quantitative estimate of drug-likeness (QED) is 0.607. The van der Waals surface area contributed by atoms with Gasteiger partial charge in [0.1, 0.15) is 5.82 Å². The third kappa shape index (κ3) is 5.17. The molecular formula is C21H24FN5O2. The largest absolute Gasteiger partial charge is 0.349 e. The van der Waals surface area contributed by atoms with Gasteiger partial charge in [0, 0.05) is 25.8 Å². The van der Waals surface area contributed by atoms with Crippen LogP contribution in [0.2, 0.25) is 0 Å². The first-order valence-corrected chi connectivity index (χ1v) is 9.38. The third-order valence-corrected chi connectivity index (χ3v) is 4.42. The van der Waals surface area contributed by atoms with E-state index in [1.807, 2.05) is 19.0 Å². The molecule has 0 aliphatic heterocycles. The van der Waals surface area contributed by atoms with Gasteiger partial charge in [0.2, 0.25) is 5.82 Å². The lowest BCUT2D eigenvalue weighted by molar-refractivity contribution is 0.0943. The second-order valence-corrected chi connectivity index (χ2v) is 6.93. The van der Waals surface area contributed by atoms with E-state index in [2.05, 4.69) is 15.6 Å². The number of halogens is 1. The minimum atomic E-state index is -0.374. The summed E-state index contributed by atoms with van der Waals surface area (Å²) >= 11 is 0. The molecule has 0 saturated heterocycles. The van der Waals surface area contributed by atoms with Crippen LogP contribution in [0.4, 0.5) is 4.39 Å². The Morgan fingerprint density at radius 1 is 1.03 bits per heavy atom. The zero-order valence-corrected chi connectivity index (χ0v) is 16.5. The van der Waals surface area contributed by atoms with Crippen molar-refractivity contribution < 1.29 is 14.0 Å². The molecule has 1 aromatic carbocycles. The van der Waals surface area contributed by atoms with Crippen molar-refractivity contribution in [1.29, 1.82) is 0 Å². The first kappa shape index (κ1) is 20.5. The van der Waals surface area contributed by atoms with Crippen molar-refractivity contribution in [1.82, 2.24) is 24.9 Å². The number of pyridine rings is 1. The molecule has 0 fully saturated rings. The Balaban J connectivity index is 1.70. The summed E-state index contributed by atoms with van der Waals surface area (Å²) in [4.78, 5) is 31.4. The second kappa shape index (κ2) is 9.29. The summed E-state index contributed by atoms with van der Waals surface area (Å²) in [6.45, 7) is 1.56. The van der Waals surface area contributed by atoms with Crippen LogP contribution in [0, 0.1) is 5.82 Å². The molecule has 0 aliphatic carbocycles. The van der Waals surface area contributed by atoms with Gasteiger partial charge >= 0.3 is 0 Å². The summed E-state index contributed by atoms with van der Waals surface area (Å²) < 4.78 is 14.6. The molecule has 2 heterocycles. The average molecular weight is 397 g/mol. The molecule has 0 spiro atoms. The zero-order chi connectivity index (χ0) is 20.8. The van der Waals surface area contributed by atoms with E-state index in [0.717, 1.165) is 5.56 Å². The Hall–Kier alpha value is -3.26. The predicted octanol–water partition coefficient (Wildman–Crippen LogP) is 1.74. The molecule has 0 bridgehead atoms. The van der Waals surface area contributed by atoms with Gasteiger partial charge in [0.05, 0.1) is 5.52 Å². The van der Waals surface area contributed by atoms with Crippen LogP contribution in [0.1, 0.15) is 26.7 Å². The van der Waals surface area contributed by atoms with Crippen LogP contribution in [-0.2, 0) is 6.42 Å². The molecule has 2 N–H and O–H groups in total. The van der Waals surface area contributed by atoms with Crippen molar-refractivity contribution in [2.75, 3.05) is 33.7 Å². The Morgan fingerprint density at radius 3 is 2.48 bits per heavy atom. The number of likely N-dealkylation sites (N-methyl/N-ethyl adjacent to an activating group) is 1. The Labute approximate surface area is 168 Å². The van der Waals surface area contributed by atoms with E-state index >= 15 is 0 Å². The summed E-state index contributed by atoms with van der Waals surface area (Å²) in [7, 11) is 3.85. The van der Waals surface area contributed by atoms with Gasteiger partial charge in [0.25, 0.3) is 11.8 Å². The first-order valence-electron chi connectivity index (χ1n) is 9.38. The highest BCUT2D eigenvalue weighted by atomic mass is 19.1. The molecule has 29 heavy (non-hydrogen) atoms. The highest BCUT2D eigenvalue weighted by molar-refractivity contribution is 6.02. The van der Waals surface area contributed by atoms with Crippen molar-refractivity contribution in [3.8, 4) is 0 Å². The van der Waals surface area contributed by atoms with Gasteiger partial charge in [-0.15, -0.1) is 0 Å². The molecule has 0 radical (unpaired) electrons. The number of amides is 2. The van der Waals surface area contributed by atoms with E-state index in [4.69, 9.17) is 0 Å². The fraction of sp³-hybridized carbons (Fsp3) is 0.286. The number of imidazole rings is 1. The van der Waals surface area contributed by atoms with E-state index in [9.17, 15) is 14.0 Å². The number of aromatic nitrogens is 2. The van der Waals surface area contributed by atoms with Crippen molar-refractivity contribution in [3.63, 3.8) is 0 Å². The molecule has 0 unspecified atom stereocenters. The van der Waals surface area contributed by atoms with Crippen LogP contribution in [0.5, 0.6) is 0 Å². The number of nitrogens with one attached hydrogen (secondary N) is 2. The maximum absolute atomic E-state index is 13.0. The maximum Gasteiger partial charge on any atom is 0.287 e. The number of benzene rings is 1. The van der Waals surface area contributed by atoms with E-state index in [0.29, 0.717) is 31.6 Å². The lowest BCUT2D eigenvalue weighted by Gasteiger charge is -2.09. The minimum absolute atomic E-state index is 0.150. The molecular weight excluding hydrogens is 373 g/mol. The van der Waals surface area contributed by atoms with Crippen molar-refractivity contribution >= 4 is 17.3 Å². The summed E-state index contributed by atoms with van der Waals surface area (Å²) in [5.41, 5.74) is 1.70. The Kier molecular flexibility index (Phi) is 6.56.